The Morgan fingerprint density at radius 2 is 1.86 bits per heavy atom. The molecule has 0 radical (unpaired) electrons. The van der Waals surface area contributed by atoms with E-state index in [4.69, 9.17) is 14.2 Å². The molecule has 0 fully saturated rings. The first-order chi connectivity index (χ1) is 13.4. The molecule has 6 heteroatoms. The highest BCUT2D eigenvalue weighted by atomic mass is 16.5. The Balaban J connectivity index is 2.03. The lowest BCUT2D eigenvalue weighted by molar-refractivity contribution is -0.119. The number of aryl methyl sites for hydroxylation is 1. The number of methoxy groups -OCH3 is 1. The molecule has 1 N–H and O–H groups in total. The van der Waals surface area contributed by atoms with E-state index in [-0.39, 0.29) is 24.0 Å². The number of rotatable bonds is 8. The lowest BCUT2D eigenvalue weighted by atomic mass is 9.98. The van der Waals surface area contributed by atoms with Gasteiger partial charge in [0.25, 0.3) is 5.91 Å². The number of benzene rings is 2. The number of anilines is 1. The van der Waals surface area contributed by atoms with E-state index in [1.54, 1.807) is 12.1 Å². The molecule has 2 aromatic carbocycles. The third-order valence-corrected chi connectivity index (χ3v) is 4.22. The SMILES string of the molecule is CCOc1ccc(C(=O)OCC(=O)Nc2c(C)cccc2C(C)C)cc1OC. The molecule has 0 atom stereocenters. The number of para-hydroxylation sites is 1. The van der Waals surface area contributed by atoms with Crippen LogP contribution < -0.4 is 14.8 Å². The lowest BCUT2D eigenvalue weighted by Gasteiger charge is -2.16. The van der Waals surface area contributed by atoms with Crippen LogP contribution in [-0.4, -0.2) is 32.2 Å². The quantitative estimate of drug-likeness (QED) is 0.685. The summed E-state index contributed by atoms with van der Waals surface area (Å²) in [6.07, 6.45) is 0. The second kappa shape index (κ2) is 9.78. The van der Waals surface area contributed by atoms with Crippen LogP contribution in [0.25, 0.3) is 0 Å². The van der Waals surface area contributed by atoms with Crippen molar-refractivity contribution in [3.05, 3.63) is 53.1 Å². The Morgan fingerprint density at radius 1 is 1.11 bits per heavy atom. The zero-order valence-electron chi connectivity index (χ0n) is 17.0. The average Bonchev–Trinajstić information content (AvgIpc) is 2.68. The molecule has 0 aliphatic rings. The van der Waals surface area contributed by atoms with Gasteiger partial charge in [0.1, 0.15) is 0 Å². The fourth-order valence-corrected chi connectivity index (χ4v) is 2.80. The predicted molar refractivity (Wildman–Crippen MR) is 108 cm³/mol. The highest BCUT2D eigenvalue weighted by molar-refractivity contribution is 5.96. The zero-order valence-corrected chi connectivity index (χ0v) is 17.0. The highest BCUT2D eigenvalue weighted by Gasteiger charge is 2.16. The maximum Gasteiger partial charge on any atom is 0.338 e. The summed E-state index contributed by atoms with van der Waals surface area (Å²) in [4.78, 5) is 24.6. The van der Waals surface area contributed by atoms with E-state index in [1.165, 1.54) is 13.2 Å². The van der Waals surface area contributed by atoms with Crippen LogP contribution in [-0.2, 0) is 9.53 Å². The molecule has 0 aliphatic heterocycles. The largest absolute Gasteiger partial charge is 0.493 e. The van der Waals surface area contributed by atoms with Crippen LogP contribution in [0.5, 0.6) is 11.5 Å². The molecule has 0 heterocycles. The van der Waals surface area contributed by atoms with Gasteiger partial charge in [-0.2, -0.15) is 0 Å². The molecule has 1 amide bonds. The molecule has 0 aliphatic carbocycles. The monoisotopic (exact) mass is 385 g/mol. The molecule has 2 rings (SSSR count). The number of hydrogen-bond donors (Lipinski definition) is 1. The molecule has 0 unspecified atom stereocenters. The van der Waals surface area contributed by atoms with E-state index < -0.39 is 5.97 Å². The van der Waals surface area contributed by atoms with Crippen LogP contribution in [0.15, 0.2) is 36.4 Å². The Hall–Kier alpha value is -3.02. The summed E-state index contributed by atoms with van der Waals surface area (Å²) < 4.78 is 15.8. The van der Waals surface area contributed by atoms with Crippen molar-refractivity contribution >= 4 is 17.6 Å². The normalized spacial score (nSPS) is 10.5. The molecule has 150 valence electrons. The average molecular weight is 385 g/mol. The van der Waals surface area contributed by atoms with Crippen molar-refractivity contribution in [2.75, 3.05) is 25.6 Å². The van der Waals surface area contributed by atoms with Gasteiger partial charge >= 0.3 is 5.97 Å². The number of amides is 1. The summed E-state index contributed by atoms with van der Waals surface area (Å²) >= 11 is 0. The summed E-state index contributed by atoms with van der Waals surface area (Å²) in [5, 5.41) is 2.85. The van der Waals surface area contributed by atoms with E-state index in [0.717, 1.165) is 16.8 Å². The smallest absolute Gasteiger partial charge is 0.338 e. The maximum atomic E-state index is 12.3. The molecular weight excluding hydrogens is 358 g/mol. The van der Waals surface area contributed by atoms with Gasteiger partial charge in [-0.3, -0.25) is 4.79 Å². The number of nitrogens with one attached hydrogen (secondary N) is 1. The van der Waals surface area contributed by atoms with E-state index in [2.05, 4.69) is 19.2 Å². The Bertz CT molecular complexity index is 845. The fraction of sp³-hybridized carbons (Fsp3) is 0.364. The first-order valence-electron chi connectivity index (χ1n) is 9.24. The molecule has 0 spiro atoms. The third kappa shape index (κ3) is 5.25. The number of carbonyl (C=O) groups excluding carboxylic acids is 2. The highest BCUT2D eigenvalue weighted by Crippen LogP contribution is 2.29. The number of carbonyl (C=O) groups is 2. The Kier molecular flexibility index (Phi) is 7.44. The van der Waals surface area contributed by atoms with Crippen LogP contribution in [0.2, 0.25) is 0 Å². The summed E-state index contributed by atoms with van der Waals surface area (Å²) in [6, 6.07) is 10.6. The van der Waals surface area contributed by atoms with Gasteiger partial charge in [0.2, 0.25) is 0 Å². The van der Waals surface area contributed by atoms with Gasteiger partial charge in [0, 0.05) is 5.69 Å². The molecule has 0 saturated carbocycles. The number of hydrogen-bond acceptors (Lipinski definition) is 5. The Labute approximate surface area is 165 Å². The molecule has 6 nitrogen and oxygen atoms in total. The van der Waals surface area contributed by atoms with Gasteiger partial charge in [-0.1, -0.05) is 32.0 Å². The minimum absolute atomic E-state index is 0.258. The van der Waals surface area contributed by atoms with Crippen molar-refractivity contribution in [2.45, 2.75) is 33.6 Å². The minimum Gasteiger partial charge on any atom is -0.493 e. The van der Waals surface area contributed by atoms with Gasteiger partial charge in [-0.15, -0.1) is 0 Å². The first-order valence-corrected chi connectivity index (χ1v) is 9.24. The van der Waals surface area contributed by atoms with Gasteiger partial charge in [-0.05, 0) is 49.1 Å². The van der Waals surface area contributed by atoms with E-state index in [0.29, 0.717) is 18.1 Å². The number of esters is 1. The summed E-state index contributed by atoms with van der Waals surface area (Å²) in [7, 11) is 1.49. The second-order valence-electron chi connectivity index (χ2n) is 6.62. The molecule has 2 aromatic rings. The summed E-state index contributed by atoms with van der Waals surface area (Å²) in [5.74, 6) is 0.240. The molecule has 28 heavy (non-hydrogen) atoms. The van der Waals surface area contributed by atoms with Crippen LogP contribution >= 0.6 is 0 Å². The van der Waals surface area contributed by atoms with Gasteiger partial charge in [0.05, 0.1) is 19.3 Å². The van der Waals surface area contributed by atoms with E-state index >= 15 is 0 Å². The van der Waals surface area contributed by atoms with Gasteiger partial charge in [-0.25, -0.2) is 4.79 Å². The third-order valence-electron chi connectivity index (χ3n) is 4.22. The van der Waals surface area contributed by atoms with E-state index in [9.17, 15) is 9.59 Å². The van der Waals surface area contributed by atoms with Crippen molar-refractivity contribution in [3.63, 3.8) is 0 Å². The van der Waals surface area contributed by atoms with Crippen molar-refractivity contribution in [1.82, 2.24) is 0 Å². The van der Waals surface area contributed by atoms with Crippen LogP contribution in [0.4, 0.5) is 5.69 Å². The fourth-order valence-electron chi connectivity index (χ4n) is 2.80. The summed E-state index contributed by atoms with van der Waals surface area (Å²) in [6.45, 7) is 8.02. The first kappa shape index (κ1) is 21.3. The minimum atomic E-state index is -0.606. The molecule has 0 bridgehead atoms. The van der Waals surface area contributed by atoms with Crippen LogP contribution in [0.1, 0.15) is 48.2 Å². The van der Waals surface area contributed by atoms with Crippen LogP contribution in [0.3, 0.4) is 0 Å². The summed E-state index contributed by atoms with van der Waals surface area (Å²) in [5.41, 5.74) is 3.05. The van der Waals surface area contributed by atoms with Crippen molar-refractivity contribution < 1.29 is 23.8 Å². The standard InChI is InChI=1S/C22H27NO5/c1-6-27-18-11-10-16(12-19(18)26-5)22(25)28-13-20(24)23-21-15(4)8-7-9-17(21)14(2)3/h7-12,14H,6,13H2,1-5H3,(H,23,24). The van der Waals surface area contributed by atoms with Gasteiger partial charge < -0.3 is 19.5 Å². The van der Waals surface area contributed by atoms with E-state index in [1.807, 2.05) is 32.0 Å². The van der Waals surface area contributed by atoms with Gasteiger partial charge in [0.15, 0.2) is 18.1 Å². The topological polar surface area (TPSA) is 73.9 Å². The molecular formula is C22H27NO5. The molecule has 0 aromatic heterocycles. The zero-order chi connectivity index (χ0) is 20.7. The van der Waals surface area contributed by atoms with Crippen LogP contribution in [0, 0.1) is 6.92 Å². The maximum absolute atomic E-state index is 12.3. The van der Waals surface area contributed by atoms with Crippen molar-refractivity contribution in [2.24, 2.45) is 0 Å². The van der Waals surface area contributed by atoms with Crippen molar-refractivity contribution in [3.8, 4) is 11.5 Å². The molecule has 0 saturated heterocycles. The Morgan fingerprint density at radius 3 is 2.50 bits per heavy atom. The lowest BCUT2D eigenvalue weighted by Crippen LogP contribution is -2.22. The number of ether oxygens (including phenoxy) is 3. The van der Waals surface area contributed by atoms with Crippen molar-refractivity contribution in [1.29, 1.82) is 0 Å². The second-order valence-corrected chi connectivity index (χ2v) is 6.62. The predicted octanol–water partition coefficient (Wildman–Crippen LogP) is 4.32.